The van der Waals surface area contributed by atoms with Gasteiger partial charge in [0, 0.05) is 42.0 Å². The lowest BCUT2D eigenvalue weighted by Crippen LogP contribution is -2.34. The molecule has 0 unspecified atom stereocenters. The van der Waals surface area contributed by atoms with Crippen LogP contribution in [0.4, 0.5) is 5.69 Å². The Morgan fingerprint density at radius 2 is 1.81 bits per heavy atom. The number of nitrogen functional groups attached to an aromatic ring is 1. The predicted octanol–water partition coefficient (Wildman–Crippen LogP) is 5.43. The van der Waals surface area contributed by atoms with Gasteiger partial charge in [0.05, 0.1) is 0 Å². The van der Waals surface area contributed by atoms with Crippen molar-refractivity contribution in [2.24, 2.45) is 5.92 Å². The zero-order valence-corrected chi connectivity index (χ0v) is 19.3. The highest BCUT2D eigenvalue weighted by Gasteiger charge is 2.24. The fourth-order valence-corrected chi connectivity index (χ4v) is 4.43. The van der Waals surface area contributed by atoms with Crippen molar-refractivity contribution in [2.45, 2.75) is 52.2 Å². The van der Waals surface area contributed by atoms with E-state index in [1.807, 2.05) is 57.4 Å². The van der Waals surface area contributed by atoms with Crippen LogP contribution >= 0.6 is 0 Å². The maximum absolute atomic E-state index is 12.1. The van der Waals surface area contributed by atoms with E-state index in [1.165, 1.54) is 10.9 Å². The van der Waals surface area contributed by atoms with E-state index in [2.05, 4.69) is 28.1 Å². The Bertz CT molecular complexity index is 1080. The van der Waals surface area contributed by atoms with Crippen LogP contribution in [0, 0.1) is 5.92 Å². The largest absolute Gasteiger partial charge is 0.460 e. The van der Waals surface area contributed by atoms with Gasteiger partial charge < -0.3 is 10.5 Å². The second kappa shape index (κ2) is 9.29. The number of anilines is 1. The number of nitrogens with zero attached hydrogens (tertiary/aromatic N) is 2. The fourth-order valence-electron chi connectivity index (χ4n) is 4.43. The molecular weight excluding hydrogens is 398 g/mol. The molecule has 0 radical (unpaired) electrons. The number of esters is 1. The molecule has 4 rings (SSSR count). The van der Waals surface area contributed by atoms with E-state index in [0.29, 0.717) is 12.3 Å². The van der Waals surface area contributed by atoms with E-state index in [4.69, 9.17) is 10.5 Å². The normalized spacial score (nSPS) is 15.7. The summed E-state index contributed by atoms with van der Waals surface area (Å²) in [5, 5.41) is 2.35. The van der Waals surface area contributed by atoms with Crippen LogP contribution in [0.2, 0.25) is 0 Å². The summed E-state index contributed by atoms with van der Waals surface area (Å²) in [5.74, 6) is 0.343. The van der Waals surface area contributed by atoms with E-state index in [1.54, 1.807) is 0 Å². The number of pyridine rings is 1. The Kier molecular flexibility index (Phi) is 6.47. The Morgan fingerprint density at radius 3 is 2.50 bits per heavy atom. The number of carbonyl (C=O) groups is 1. The van der Waals surface area contributed by atoms with Crippen molar-refractivity contribution in [3.8, 4) is 11.1 Å². The number of aromatic nitrogens is 1. The summed E-state index contributed by atoms with van der Waals surface area (Å²) in [6.07, 6.45) is 6.45. The van der Waals surface area contributed by atoms with E-state index in [0.717, 1.165) is 54.7 Å². The third-order valence-electron chi connectivity index (χ3n) is 6.04. The van der Waals surface area contributed by atoms with Crippen molar-refractivity contribution in [1.82, 2.24) is 9.88 Å². The fraction of sp³-hybridized carbons (Fsp3) is 0.407. The number of carbonyl (C=O) groups excluding carboxylic acids is 1. The zero-order valence-electron chi connectivity index (χ0n) is 19.3. The first-order valence-corrected chi connectivity index (χ1v) is 11.4. The molecule has 2 N–H and O–H groups in total. The number of rotatable bonds is 5. The number of fused-ring (bicyclic) bond motifs is 1. The molecule has 0 atom stereocenters. The summed E-state index contributed by atoms with van der Waals surface area (Å²) in [7, 11) is 0. The molecule has 0 aliphatic carbocycles. The molecule has 0 bridgehead atoms. The minimum atomic E-state index is -0.408. The topological polar surface area (TPSA) is 68.5 Å². The first kappa shape index (κ1) is 22.3. The average Bonchev–Trinajstić information content (AvgIpc) is 2.74. The summed E-state index contributed by atoms with van der Waals surface area (Å²) in [6.45, 7) is 8.70. The van der Waals surface area contributed by atoms with Gasteiger partial charge in [0.15, 0.2) is 0 Å². The van der Waals surface area contributed by atoms with Gasteiger partial charge >= 0.3 is 5.97 Å². The van der Waals surface area contributed by atoms with Gasteiger partial charge in [-0.1, -0.05) is 24.3 Å². The quantitative estimate of drug-likeness (QED) is 0.431. The van der Waals surface area contributed by atoms with Crippen LogP contribution in [0.15, 0.2) is 54.9 Å². The van der Waals surface area contributed by atoms with Gasteiger partial charge in [0.2, 0.25) is 0 Å². The molecule has 1 aliphatic rings. The number of hydrogen-bond donors (Lipinski definition) is 1. The first-order chi connectivity index (χ1) is 15.3. The van der Waals surface area contributed by atoms with Crippen molar-refractivity contribution in [3.05, 3.63) is 60.4 Å². The minimum absolute atomic E-state index is 0.0747. The highest BCUT2D eigenvalue weighted by molar-refractivity contribution is 5.96. The zero-order chi connectivity index (χ0) is 22.7. The number of nitrogens with two attached hydrogens (primary N) is 1. The summed E-state index contributed by atoms with van der Waals surface area (Å²) < 4.78 is 5.49. The van der Waals surface area contributed by atoms with Crippen LogP contribution in [-0.2, 0) is 16.1 Å². The van der Waals surface area contributed by atoms with Gasteiger partial charge in [-0.3, -0.25) is 14.7 Å². The molecule has 3 aromatic rings. The molecule has 2 aromatic carbocycles. The number of likely N-dealkylation sites (tertiary alicyclic amines) is 1. The number of ether oxygens (including phenoxy) is 1. The Morgan fingerprint density at radius 1 is 1.09 bits per heavy atom. The van der Waals surface area contributed by atoms with Gasteiger partial charge in [-0.2, -0.15) is 0 Å². The van der Waals surface area contributed by atoms with Crippen molar-refractivity contribution >= 4 is 22.4 Å². The van der Waals surface area contributed by atoms with Crippen molar-refractivity contribution in [1.29, 1.82) is 0 Å². The van der Waals surface area contributed by atoms with Crippen LogP contribution in [-0.4, -0.2) is 34.5 Å². The van der Waals surface area contributed by atoms with Crippen LogP contribution in [0.1, 0.15) is 45.6 Å². The monoisotopic (exact) mass is 431 g/mol. The third-order valence-corrected chi connectivity index (χ3v) is 6.04. The first-order valence-electron chi connectivity index (χ1n) is 11.4. The summed E-state index contributed by atoms with van der Waals surface area (Å²) in [5.41, 5.74) is 9.76. The highest BCUT2D eigenvalue weighted by atomic mass is 16.6. The average molecular weight is 432 g/mol. The second-order valence-corrected chi connectivity index (χ2v) is 9.87. The standard InChI is InChI=1S/C27H33N3O2/c1-27(2,3)32-26(31)15-19-10-12-30(13-11-19)18-20-4-5-22-16-29-17-25(24(22)14-20)21-6-8-23(28)9-7-21/h4-9,14,16-17,19H,10-13,15,18,28H2,1-3H3. The van der Waals surface area contributed by atoms with Gasteiger partial charge in [-0.15, -0.1) is 0 Å². The lowest BCUT2D eigenvalue weighted by atomic mass is 9.93. The molecule has 1 aromatic heterocycles. The van der Waals surface area contributed by atoms with E-state index >= 15 is 0 Å². The lowest BCUT2D eigenvalue weighted by molar-refractivity contribution is -0.156. The maximum Gasteiger partial charge on any atom is 0.306 e. The van der Waals surface area contributed by atoms with Gasteiger partial charge in [-0.05, 0) is 87.3 Å². The molecule has 5 heteroatoms. The minimum Gasteiger partial charge on any atom is -0.460 e. The maximum atomic E-state index is 12.1. The molecular formula is C27H33N3O2. The van der Waals surface area contributed by atoms with Crippen LogP contribution in [0.5, 0.6) is 0 Å². The highest BCUT2D eigenvalue weighted by Crippen LogP contribution is 2.30. The number of piperidine rings is 1. The third kappa shape index (κ3) is 5.65. The smallest absolute Gasteiger partial charge is 0.306 e. The van der Waals surface area contributed by atoms with Crippen LogP contribution in [0.25, 0.3) is 21.9 Å². The van der Waals surface area contributed by atoms with Crippen molar-refractivity contribution in [2.75, 3.05) is 18.8 Å². The van der Waals surface area contributed by atoms with Crippen LogP contribution in [0.3, 0.4) is 0 Å². The summed E-state index contributed by atoms with van der Waals surface area (Å²) >= 11 is 0. The number of hydrogen-bond acceptors (Lipinski definition) is 5. The molecule has 5 nitrogen and oxygen atoms in total. The molecule has 32 heavy (non-hydrogen) atoms. The lowest BCUT2D eigenvalue weighted by Gasteiger charge is -2.32. The summed E-state index contributed by atoms with van der Waals surface area (Å²) in [4.78, 5) is 19.1. The Balaban J connectivity index is 1.41. The van der Waals surface area contributed by atoms with Gasteiger partial charge in [0.25, 0.3) is 0 Å². The Hall–Kier alpha value is -2.92. The number of benzene rings is 2. The van der Waals surface area contributed by atoms with Crippen molar-refractivity contribution in [3.63, 3.8) is 0 Å². The van der Waals surface area contributed by atoms with Crippen LogP contribution < -0.4 is 5.73 Å². The Labute approximate surface area is 190 Å². The molecule has 0 saturated carbocycles. The molecule has 1 saturated heterocycles. The van der Waals surface area contributed by atoms with Crippen molar-refractivity contribution < 1.29 is 9.53 Å². The molecule has 1 fully saturated rings. The SMILES string of the molecule is CC(C)(C)OC(=O)CC1CCN(Cc2ccc3cncc(-c4ccc(N)cc4)c3c2)CC1. The van der Waals surface area contributed by atoms with Gasteiger partial charge in [-0.25, -0.2) is 0 Å². The molecule has 0 spiro atoms. The molecule has 2 heterocycles. The summed E-state index contributed by atoms with van der Waals surface area (Å²) in [6, 6.07) is 14.6. The second-order valence-electron chi connectivity index (χ2n) is 9.87. The molecule has 1 aliphatic heterocycles. The van der Waals surface area contributed by atoms with E-state index in [-0.39, 0.29) is 5.97 Å². The molecule has 168 valence electrons. The molecule has 0 amide bonds. The van der Waals surface area contributed by atoms with E-state index in [9.17, 15) is 4.79 Å². The van der Waals surface area contributed by atoms with E-state index < -0.39 is 5.60 Å². The predicted molar refractivity (Wildman–Crippen MR) is 130 cm³/mol. The van der Waals surface area contributed by atoms with Gasteiger partial charge in [0.1, 0.15) is 5.60 Å².